The van der Waals surface area contributed by atoms with E-state index in [9.17, 15) is 9.59 Å². The van der Waals surface area contributed by atoms with Crippen LogP contribution in [0.5, 0.6) is 0 Å². The summed E-state index contributed by atoms with van der Waals surface area (Å²) in [5.74, 6) is 0.365. The van der Waals surface area contributed by atoms with Crippen LogP contribution in [0.15, 0.2) is 47.6 Å². The molecule has 2 aliphatic heterocycles. The van der Waals surface area contributed by atoms with Crippen LogP contribution in [0, 0.1) is 5.92 Å². The van der Waals surface area contributed by atoms with E-state index in [1.54, 1.807) is 12.3 Å². The molecule has 1 saturated heterocycles. The number of benzene rings is 2. The number of amides is 2. The van der Waals surface area contributed by atoms with Crippen LogP contribution < -0.4 is 16.1 Å². The highest BCUT2D eigenvalue weighted by Crippen LogP contribution is 2.48. The van der Waals surface area contributed by atoms with Crippen LogP contribution in [-0.4, -0.2) is 36.1 Å². The first-order valence-corrected chi connectivity index (χ1v) is 11.3. The summed E-state index contributed by atoms with van der Waals surface area (Å²) in [6.45, 7) is 1.96. The molecule has 8 heteroatoms. The number of anilines is 1. The van der Waals surface area contributed by atoms with Gasteiger partial charge in [-0.3, -0.25) is 9.59 Å². The van der Waals surface area contributed by atoms with Crippen LogP contribution >= 0.6 is 12.4 Å². The zero-order chi connectivity index (χ0) is 21.7. The number of rotatable bonds is 4. The Morgan fingerprint density at radius 1 is 1.09 bits per heavy atom. The summed E-state index contributed by atoms with van der Waals surface area (Å²) < 4.78 is 0. The molecule has 1 saturated carbocycles. The number of hydrazone groups is 1. The number of carbonyl (C=O) groups is 2. The number of nitrogens with zero attached hydrogens (tertiary/aromatic N) is 1. The van der Waals surface area contributed by atoms with Crippen LogP contribution in [0.4, 0.5) is 5.69 Å². The zero-order valence-electron chi connectivity index (χ0n) is 18.1. The van der Waals surface area contributed by atoms with Crippen LogP contribution in [0.25, 0.3) is 10.9 Å². The average Bonchev–Trinajstić information content (AvgIpc) is 3.57. The van der Waals surface area contributed by atoms with E-state index in [0.29, 0.717) is 17.2 Å². The Balaban J connectivity index is 0.00000228. The van der Waals surface area contributed by atoms with Gasteiger partial charge in [0.05, 0.1) is 11.8 Å². The van der Waals surface area contributed by atoms with Gasteiger partial charge in [0.2, 0.25) is 5.91 Å². The van der Waals surface area contributed by atoms with Crippen molar-refractivity contribution < 1.29 is 9.59 Å². The van der Waals surface area contributed by atoms with Crippen LogP contribution in [0.1, 0.15) is 58.3 Å². The lowest BCUT2D eigenvalue weighted by atomic mass is 9.91. The van der Waals surface area contributed by atoms with Gasteiger partial charge in [-0.05, 0) is 56.0 Å². The molecule has 7 nitrogen and oxygen atoms in total. The molecule has 3 aliphatic rings. The summed E-state index contributed by atoms with van der Waals surface area (Å²) in [4.78, 5) is 29.2. The fourth-order valence-electron chi connectivity index (χ4n) is 5.20. The zero-order valence-corrected chi connectivity index (χ0v) is 18.9. The predicted octanol–water partition coefficient (Wildman–Crippen LogP) is 3.88. The lowest BCUT2D eigenvalue weighted by molar-refractivity contribution is -0.117. The summed E-state index contributed by atoms with van der Waals surface area (Å²) >= 11 is 0. The minimum Gasteiger partial charge on any atom is -0.358 e. The first-order valence-electron chi connectivity index (χ1n) is 11.3. The topological polar surface area (TPSA) is 98.4 Å². The van der Waals surface area contributed by atoms with Crippen molar-refractivity contribution in [3.8, 4) is 0 Å². The van der Waals surface area contributed by atoms with E-state index in [4.69, 9.17) is 0 Å². The van der Waals surface area contributed by atoms with Crippen LogP contribution in [-0.2, 0) is 4.79 Å². The highest BCUT2D eigenvalue weighted by molar-refractivity contribution is 6.16. The molecule has 1 aliphatic carbocycles. The van der Waals surface area contributed by atoms with Gasteiger partial charge in [-0.2, -0.15) is 5.10 Å². The van der Waals surface area contributed by atoms with Gasteiger partial charge in [-0.25, -0.2) is 5.43 Å². The first-order chi connectivity index (χ1) is 15.7. The third-order valence-corrected chi connectivity index (χ3v) is 6.94. The standard InChI is InChI=1S/C25H25N5O2.ClH/c31-24(18-12-17(18)14-4-2-1-3-5-14)28-16-10-19-22-20(13-27-30-25(19)32)23(29-21(22)11-16)15-6-8-26-9-7-15;/h1-5,10-11,13,15,17-18,26,29H,6-9,12H2,(H,28,31)(H,30,32);1H. The van der Waals surface area contributed by atoms with Gasteiger partial charge in [0, 0.05) is 39.7 Å². The van der Waals surface area contributed by atoms with E-state index in [0.717, 1.165) is 54.5 Å². The van der Waals surface area contributed by atoms with Crippen molar-refractivity contribution in [2.75, 3.05) is 18.4 Å². The fourth-order valence-corrected chi connectivity index (χ4v) is 5.20. The van der Waals surface area contributed by atoms with Crippen molar-refractivity contribution in [3.05, 3.63) is 64.8 Å². The van der Waals surface area contributed by atoms with Gasteiger partial charge >= 0.3 is 0 Å². The fraction of sp³-hybridized carbons (Fsp3) is 0.320. The van der Waals surface area contributed by atoms with Crippen molar-refractivity contribution in [1.29, 1.82) is 0 Å². The average molecular weight is 464 g/mol. The number of H-pyrrole nitrogens is 1. The minimum absolute atomic E-state index is 0. The molecular formula is C25H26ClN5O2. The maximum atomic E-state index is 12.9. The molecule has 2 unspecified atom stereocenters. The summed E-state index contributed by atoms with van der Waals surface area (Å²) in [6, 6.07) is 13.9. The highest BCUT2D eigenvalue weighted by atomic mass is 35.5. The van der Waals surface area contributed by atoms with Gasteiger partial charge in [-0.15, -0.1) is 12.4 Å². The van der Waals surface area contributed by atoms with Crippen molar-refractivity contribution in [2.45, 2.75) is 31.1 Å². The third kappa shape index (κ3) is 3.92. The smallest absolute Gasteiger partial charge is 0.272 e. The van der Waals surface area contributed by atoms with Crippen LogP contribution in [0.3, 0.4) is 0 Å². The molecule has 170 valence electrons. The number of hydrogen-bond acceptors (Lipinski definition) is 4. The van der Waals surface area contributed by atoms with E-state index in [1.807, 2.05) is 24.3 Å². The van der Waals surface area contributed by atoms with Crippen LogP contribution in [0.2, 0.25) is 0 Å². The molecule has 0 bridgehead atoms. The Morgan fingerprint density at radius 3 is 2.67 bits per heavy atom. The molecule has 33 heavy (non-hydrogen) atoms. The Hall–Kier alpha value is -3.16. The normalized spacial score (nSPS) is 21.8. The molecule has 4 N–H and O–H groups in total. The summed E-state index contributed by atoms with van der Waals surface area (Å²) in [5.41, 5.74) is 7.94. The molecule has 2 fully saturated rings. The Kier molecular flexibility index (Phi) is 5.68. The second-order valence-corrected chi connectivity index (χ2v) is 8.97. The SMILES string of the molecule is Cl.O=C1NN=Cc2c(C3CCNCC3)[nH]c3cc(NC(=O)C4CC4c4ccccc4)cc1c23. The lowest BCUT2D eigenvalue weighted by Gasteiger charge is -2.22. The quantitative estimate of drug-likeness (QED) is 0.472. The number of hydrogen-bond donors (Lipinski definition) is 4. The third-order valence-electron chi connectivity index (χ3n) is 6.94. The number of halogens is 1. The molecule has 3 aromatic rings. The summed E-state index contributed by atoms with van der Waals surface area (Å²) in [5, 5.41) is 11.5. The maximum absolute atomic E-state index is 12.9. The molecular weight excluding hydrogens is 438 g/mol. The molecule has 3 heterocycles. The Labute approximate surface area is 197 Å². The first kappa shape index (κ1) is 21.7. The lowest BCUT2D eigenvalue weighted by Crippen LogP contribution is -2.27. The largest absolute Gasteiger partial charge is 0.358 e. The van der Waals surface area contributed by atoms with E-state index in [-0.39, 0.29) is 36.1 Å². The van der Waals surface area contributed by atoms with Gasteiger partial charge in [0.15, 0.2) is 0 Å². The highest BCUT2D eigenvalue weighted by Gasteiger charge is 2.43. The summed E-state index contributed by atoms with van der Waals surface area (Å²) in [7, 11) is 0. The summed E-state index contributed by atoms with van der Waals surface area (Å²) in [6.07, 6.45) is 4.68. The number of nitrogens with one attached hydrogen (secondary N) is 4. The van der Waals surface area contributed by atoms with Gasteiger partial charge in [0.25, 0.3) is 5.91 Å². The second-order valence-electron chi connectivity index (χ2n) is 8.97. The van der Waals surface area contributed by atoms with E-state index in [2.05, 4.69) is 38.3 Å². The predicted molar refractivity (Wildman–Crippen MR) is 131 cm³/mol. The molecule has 1 aromatic heterocycles. The van der Waals surface area contributed by atoms with E-state index >= 15 is 0 Å². The van der Waals surface area contributed by atoms with Crippen molar-refractivity contribution >= 4 is 47.0 Å². The number of aromatic nitrogens is 1. The van der Waals surface area contributed by atoms with Crippen molar-refractivity contribution in [3.63, 3.8) is 0 Å². The Morgan fingerprint density at radius 2 is 1.88 bits per heavy atom. The number of carbonyl (C=O) groups excluding carboxylic acids is 2. The second kappa shape index (κ2) is 8.65. The molecule has 0 spiro atoms. The molecule has 6 rings (SSSR count). The van der Waals surface area contributed by atoms with E-state index in [1.165, 1.54) is 5.56 Å². The van der Waals surface area contributed by atoms with Crippen molar-refractivity contribution in [2.24, 2.45) is 11.0 Å². The minimum atomic E-state index is -0.259. The Bertz CT molecular complexity index is 1250. The van der Waals surface area contributed by atoms with E-state index < -0.39 is 0 Å². The number of aromatic amines is 1. The monoisotopic (exact) mass is 463 g/mol. The number of piperidine rings is 1. The molecule has 0 radical (unpaired) electrons. The maximum Gasteiger partial charge on any atom is 0.272 e. The van der Waals surface area contributed by atoms with Gasteiger partial charge in [0.1, 0.15) is 0 Å². The molecule has 2 atom stereocenters. The van der Waals surface area contributed by atoms with Crippen molar-refractivity contribution in [1.82, 2.24) is 15.7 Å². The molecule has 2 amide bonds. The molecule has 2 aromatic carbocycles. The van der Waals surface area contributed by atoms with Gasteiger partial charge in [-0.1, -0.05) is 30.3 Å². The van der Waals surface area contributed by atoms with Gasteiger partial charge < -0.3 is 15.6 Å².